The summed E-state index contributed by atoms with van der Waals surface area (Å²) < 4.78 is 5.39. The largest absolute Gasteiger partial charge is 0.378 e. The molecule has 4 rings (SSSR count). The first-order chi connectivity index (χ1) is 14.2. The predicted octanol–water partition coefficient (Wildman–Crippen LogP) is 2.75. The van der Waals surface area contributed by atoms with Crippen molar-refractivity contribution in [2.75, 3.05) is 41.8 Å². The van der Waals surface area contributed by atoms with Gasteiger partial charge in [-0.05, 0) is 37.1 Å². The summed E-state index contributed by atoms with van der Waals surface area (Å²) >= 11 is 0. The van der Waals surface area contributed by atoms with Gasteiger partial charge in [-0.1, -0.05) is 0 Å². The van der Waals surface area contributed by atoms with E-state index in [1.165, 1.54) is 0 Å². The Morgan fingerprint density at radius 2 is 1.76 bits per heavy atom. The number of carbonyl (C=O) groups is 2. The Morgan fingerprint density at radius 1 is 1.07 bits per heavy atom. The average molecular weight is 395 g/mol. The van der Waals surface area contributed by atoms with Crippen molar-refractivity contribution < 1.29 is 14.3 Å². The molecule has 2 aliphatic rings. The molecule has 2 aromatic rings. The van der Waals surface area contributed by atoms with Gasteiger partial charge in [0.2, 0.25) is 5.91 Å². The van der Waals surface area contributed by atoms with Crippen LogP contribution in [0.4, 0.5) is 22.9 Å². The molecule has 1 saturated heterocycles. The molecule has 8 heteroatoms. The maximum atomic E-state index is 12.4. The zero-order valence-corrected chi connectivity index (χ0v) is 16.3. The number of nitrogens with zero attached hydrogens (tertiary/aromatic N) is 3. The van der Waals surface area contributed by atoms with E-state index in [0.717, 1.165) is 43.4 Å². The Labute approximate surface area is 169 Å². The topological polar surface area (TPSA) is 96.5 Å². The summed E-state index contributed by atoms with van der Waals surface area (Å²) in [6.07, 6.45) is 4.05. The SMILES string of the molecule is O=C1CCC(C(=O)Nc2ccc(Nc3cc(N4CCOCC4)cnn3)cc2)CC1. The van der Waals surface area contributed by atoms with E-state index in [4.69, 9.17) is 4.74 Å². The van der Waals surface area contributed by atoms with Crippen LogP contribution in [0.1, 0.15) is 25.7 Å². The predicted molar refractivity (Wildman–Crippen MR) is 110 cm³/mol. The molecule has 8 nitrogen and oxygen atoms in total. The maximum Gasteiger partial charge on any atom is 0.227 e. The van der Waals surface area contributed by atoms with Crippen LogP contribution in [0.5, 0.6) is 0 Å². The fourth-order valence-electron chi connectivity index (χ4n) is 3.64. The Kier molecular flexibility index (Phi) is 6.00. The highest BCUT2D eigenvalue weighted by molar-refractivity contribution is 5.94. The molecule has 1 saturated carbocycles. The summed E-state index contributed by atoms with van der Waals surface area (Å²) in [6.45, 7) is 3.12. The summed E-state index contributed by atoms with van der Waals surface area (Å²) in [5.74, 6) is 0.828. The molecule has 152 valence electrons. The van der Waals surface area contributed by atoms with Gasteiger partial charge in [-0.3, -0.25) is 9.59 Å². The van der Waals surface area contributed by atoms with Crippen molar-refractivity contribution >= 4 is 34.6 Å². The van der Waals surface area contributed by atoms with Gasteiger partial charge >= 0.3 is 0 Å². The molecule has 0 atom stereocenters. The lowest BCUT2D eigenvalue weighted by Gasteiger charge is -2.28. The molecule has 1 amide bonds. The number of hydrogen-bond donors (Lipinski definition) is 2. The summed E-state index contributed by atoms with van der Waals surface area (Å²) in [6, 6.07) is 9.46. The van der Waals surface area contributed by atoms with Crippen molar-refractivity contribution in [3.05, 3.63) is 36.5 Å². The van der Waals surface area contributed by atoms with E-state index < -0.39 is 0 Å². The number of carbonyl (C=O) groups excluding carboxylic acids is 2. The normalized spacial score (nSPS) is 17.8. The molecule has 1 aliphatic carbocycles. The Morgan fingerprint density at radius 3 is 2.48 bits per heavy atom. The minimum atomic E-state index is -0.0799. The van der Waals surface area contributed by atoms with Crippen LogP contribution in [0.2, 0.25) is 0 Å². The second kappa shape index (κ2) is 9.00. The van der Waals surface area contributed by atoms with Crippen molar-refractivity contribution in [2.24, 2.45) is 5.92 Å². The molecule has 0 unspecified atom stereocenters. The van der Waals surface area contributed by atoms with Crippen LogP contribution >= 0.6 is 0 Å². The third-order valence-corrected chi connectivity index (χ3v) is 5.36. The highest BCUT2D eigenvalue weighted by atomic mass is 16.5. The highest BCUT2D eigenvalue weighted by Crippen LogP contribution is 2.24. The molecule has 29 heavy (non-hydrogen) atoms. The summed E-state index contributed by atoms with van der Waals surface area (Å²) in [4.78, 5) is 25.9. The van der Waals surface area contributed by atoms with Gasteiger partial charge in [0, 0.05) is 49.3 Å². The Bertz CT molecular complexity index is 855. The quantitative estimate of drug-likeness (QED) is 0.803. The number of morpholine rings is 1. The number of anilines is 4. The lowest BCUT2D eigenvalue weighted by atomic mass is 9.88. The van der Waals surface area contributed by atoms with Gasteiger partial charge in [0.1, 0.15) is 5.78 Å². The van der Waals surface area contributed by atoms with Gasteiger partial charge < -0.3 is 20.3 Å². The van der Waals surface area contributed by atoms with Crippen molar-refractivity contribution in [1.29, 1.82) is 0 Å². The number of aromatic nitrogens is 2. The van der Waals surface area contributed by atoms with Crippen LogP contribution in [0.3, 0.4) is 0 Å². The smallest absolute Gasteiger partial charge is 0.227 e. The van der Waals surface area contributed by atoms with Crippen molar-refractivity contribution in [2.45, 2.75) is 25.7 Å². The monoisotopic (exact) mass is 395 g/mol. The van der Waals surface area contributed by atoms with E-state index >= 15 is 0 Å². The highest BCUT2D eigenvalue weighted by Gasteiger charge is 2.24. The summed E-state index contributed by atoms with van der Waals surface area (Å²) in [5, 5.41) is 14.4. The van der Waals surface area contributed by atoms with Crippen LogP contribution in [0.15, 0.2) is 36.5 Å². The van der Waals surface area contributed by atoms with Gasteiger partial charge in [0.25, 0.3) is 0 Å². The maximum absolute atomic E-state index is 12.4. The molecular formula is C21H25N5O3. The number of rotatable bonds is 5. The van der Waals surface area contributed by atoms with Crippen molar-refractivity contribution in [1.82, 2.24) is 10.2 Å². The van der Waals surface area contributed by atoms with E-state index in [2.05, 4.69) is 25.7 Å². The fraction of sp³-hybridized carbons (Fsp3) is 0.429. The number of amides is 1. The fourth-order valence-corrected chi connectivity index (χ4v) is 3.64. The molecule has 1 aromatic heterocycles. The number of nitrogens with one attached hydrogen (secondary N) is 2. The standard InChI is InChI=1S/C21H25N5O3/c27-19-7-1-15(2-8-19)21(28)24-17-5-3-16(4-6-17)23-20-13-18(14-22-25-20)26-9-11-29-12-10-26/h3-6,13-15H,1-2,7-12H2,(H,23,25)(H,24,28). The lowest BCUT2D eigenvalue weighted by Crippen LogP contribution is -2.36. The van der Waals surface area contributed by atoms with Gasteiger partial charge in [-0.2, -0.15) is 5.10 Å². The van der Waals surface area contributed by atoms with Crippen LogP contribution in [0.25, 0.3) is 0 Å². The van der Waals surface area contributed by atoms with E-state index in [-0.39, 0.29) is 17.6 Å². The molecule has 1 aliphatic heterocycles. The molecule has 0 spiro atoms. The van der Waals surface area contributed by atoms with Gasteiger partial charge in [-0.25, -0.2) is 0 Å². The van der Waals surface area contributed by atoms with E-state index in [1.54, 1.807) is 6.20 Å². The molecule has 2 N–H and O–H groups in total. The first-order valence-electron chi connectivity index (χ1n) is 10.0. The molecule has 0 radical (unpaired) electrons. The third kappa shape index (κ3) is 5.08. The number of ketones is 1. The number of Topliss-reactive ketones (excluding diaryl/α,β-unsaturated/α-hetero) is 1. The van der Waals surface area contributed by atoms with E-state index in [0.29, 0.717) is 31.5 Å². The van der Waals surface area contributed by atoms with Crippen molar-refractivity contribution in [3.8, 4) is 0 Å². The van der Waals surface area contributed by atoms with E-state index in [9.17, 15) is 9.59 Å². The van der Waals surface area contributed by atoms with Gasteiger partial charge in [0.15, 0.2) is 5.82 Å². The number of hydrogen-bond acceptors (Lipinski definition) is 7. The third-order valence-electron chi connectivity index (χ3n) is 5.36. The zero-order chi connectivity index (χ0) is 20.1. The van der Waals surface area contributed by atoms with Gasteiger partial charge in [0.05, 0.1) is 25.1 Å². The Balaban J connectivity index is 1.34. The van der Waals surface area contributed by atoms with Crippen molar-refractivity contribution in [3.63, 3.8) is 0 Å². The average Bonchev–Trinajstić information content (AvgIpc) is 2.76. The van der Waals surface area contributed by atoms with Crippen LogP contribution in [0, 0.1) is 5.92 Å². The second-order valence-corrected chi connectivity index (χ2v) is 7.40. The number of benzene rings is 1. The first-order valence-corrected chi connectivity index (χ1v) is 10.0. The van der Waals surface area contributed by atoms with Gasteiger partial charge in [-0.15, -0.1) is 5.10 Å². The minimum Gasteiger partial charge on any atom is -0.378 e. The first kappa shape index (κ1) is 19.3. The van der Waals surface area contributed by atoms with Crippen LogP contribution < -0.4 is 15.5 Å². The molecule has 2 fully saturated rings. The summed E-state index contributed by atoms with van der Waals surface area (Å²) in [5.41, 5.74) is 2.62. The zero-order valence-electron chi connectivity index (χ0n) is 16.3. The molecule has 1 aromatic carbocycles. The Hall–Kier alpha value is -3.00. The second-order valence-electron chi connectivity index (χ2n) is 7.40. The minimum absolute atomic E-state index is 0.0118. The lowest BCUT2D eigenvalue weighted by molar-refractivity contribution is -0.125. The summed E-state index contributed by atoms with van der Waals surface area (Å²) in [7, 11) is 0. The van der Waals surface area contributed by atoms with E-state index in [1.807, 2.05) is 30.3 Å². The van der Waals surface area contributed by atoms with Crippen LogP contribution in [-0.4, -0.2) is 48.2 Å². The molecule has 2 heterocycles. The molecular weight excluding hydrogens is 370 g/mol. The van der Waals surface area contributed by atoms with Crippen LogP contribution in [-0.2, 0) is 14.3 Å². The molecule has 0 bridgehead atoms. The number of ether oxygens (including phenoxy) is 1.